The van der Waals surface area contributed by atoms with Gasteiger partial charge in [-0.25, -0.2) is 4.98 Å². The lowest BCUT2D eigenvalue weighted by Crippen LogP contribution is -2.22. The van der Waals surface area contributed by atoms with E-state index in [9.17, 15) is 0 Å². The van der Waals surface area contributed by atoms with Crippen molar-refractivity contribution in [3.8, 4) is 0 Å². The SMILES string of the molecule is Cc1cccc2c1nc(CCl)n2C(C)C1CCCO1. The molecular formula is C15H19ClN2O. The monoisotopic (exact) mass is 278 g/mol. The summed E-state index contributed by atoms with van der Waals surface area (Å²) in [4.78, 5) is 4.70. The van der Waals surface area contributed by atoms with Gasteiger partial charge in [-0.1, -0.05) is 12.1 Å². The van der Waals surface area contributed by atoms with Crippen molar-refractivity contribution in [2.45, 2.75) is 44.7 Å². The van der Waals surface area contributed by atoms with Gasteiger partial charge in [-0.05, 0) is 38.3 Å². The number of benzene rings is 1. The van der Waals surface area contributed by atoms with Gasteiger partial charge in [0.1, 0.15) is 5.82 Å². The Kier molecular flexibility index (Phi) is 3.50. The van der Waals surface area contributed by atoms with E-state index in [1.54, 1.807) is 0 Å². The summed E-state index contributed by atoms with van der Waals surface area (Å²) in [6.45, 7) is 5.17. The third-order valence-corrected chi connectivity index (χ3v) is 4.26. The van der Waals surface area contributed by atoms with Crippen molar-refractivity contribution in [3.63, 3.8) is 0 Å². The summed E-state index contributed by atoms with van der Waals surface area (Å²) in [5, 5.41) is 0. The van der Waals surface area contributed by atoms with Gasteiger partial charge in [-0.2, -0.15) is 0 Å². The summed E-state index contributed by atoms with van der Waals surface area (Å²) in [7, 11) is 0. The molecule has 1 aliphatic heterocycles. The standard InChI is InChI=1S/C15H19ClN2O/c1-10-5-3-6-12-15(10)17-14(9-16)18(12)11(2)13-7-4-8-19-13/h3,5-6,11,13H,4,7-9H2,1-2H3. The van der Waals surface area contributed by atoms with Crippen molar-refractivity contribution in [2.75, 3.05) is 6.61 Å². The highest BCUT2D eigenvalue weighted by Crippen LogP contribution is 2.30. The first kappa shape index (κ1) is 12.9. The fourth-order valence-corrected chi connectivity index (χ4v) is 3.19. The number of imidazole rings is 1. The maximum absolute atomic E-state index is 6.08. The van der Waals surface area contributed by atoms with Crippen LogP contribution in [0, 0.1) is 6.92 Å². The van der Waals surface area contributed by atoms with Gasteiger partial charge in [0.05, 0.1) is 29.1 Å². The van der Waals surface area contributed by atoms with Crippen LogP contribution in [0.3, 0.4) is 0 Å². The first-order chi connectivity index (χ1) is 9.22. The molecule has 4 heteroatoms. The number of nitrogens with zero attached hydrogens (tertiary/aromatic N) is 2. The second kappa shape index (κ2) is 5.14. The fraction of sp³-hybridized carbons (Fsp3) is 0.533. The Hall–Kier alpha value is -1.06. The molecule has 2 aromatic rings. The van der Waals surface area contributed by atoms with Gasteiger partial charge >= 0.3 is 0 Å². The number of ether oxygens (including phenoxy) is 1. The molecule has 0 saturated carbocycles. The number of halogens is 1. The van der Waals surface area contributed by atoms with Crippen LogP contribution in [0.2, 0.25) is 0 Å². The lowest BCUT2D eigenvalue weighted by molar-refractivity contribution is 0.0738. The van der Waals surface area contributed by atoms with Crippen LogP contribution in [-0.2, 0) is 10.6 Å². The van der Waals surface area contributed by atoms with Crippen molar-refractivity contribution < 1.29 is 4.74 Å². The Balaban J connectivity index is 2.12. The summed E-state index contributed by atoms with van der Waals surface area (Å²) in [6.07, 6.45) is 2.55. The van der Waals surface area contributed by atoms with E-state index < -0.39 is 0 Å². The molecule has 0 N–H and O–H groups in total. The van der Waals surface area contributed by atoms with Crippen LogP contribution < -0.4 is 0 Å². The first-order valence-corrected chi connectivity index (χ1v) is 7.40. The van der Waals surface area contributed by atoms with E-state index in [0.717, 1.165) is 30.8 Å². The quantitative estimate of drug-likeness (QED) is 0.798. The topological polar surface area (TPSA) is 27.1 Å². The molecule has 1 fully saturated rings. The van der Waals surface area contributed by atoms with E-state index in [1.807, 2.05) is 0 Å². The van der Waals surface area contributed by atoms with Gasteiger partial charge in [-0.3, -0.25) is 0 Å². The molecular weight excluding hydrogens is 260 g/mol. The lowest BCUT2D eigenvalue weighted by Gasteiger charge is -2.22. The predicted molar refractivity (Wildman–Crippen MR) is 77.7 cm³/mol. The molecule has 1 aromatic carbocycles. The van der Waals surface area contributed by atoms with Crippen molar-refractivity contribution in [1.82, 2.24) is 9.55 Å². The molecule has 0 spiro atoms. The highest BCUT2D eigenvalue weighted by molar-refractivity contribution is 6.16. The van der Waals surface area contributed by atoms with Gasteiger partial charge in [0, 0.05) is 6.61 Å². The molecule has 1 saturated heterocycles. The van der Waals surface area contributed by atoms with E-state index in [-0.39, 0.29) is 12.1 Å². The Morgan fingerprint density at radius 3 is 3.05 bits per heavy atom. The molecule has 0 radical (unpaired) electrons. The zero-order valence-corrected chi connectivity index (χ0v) is 12.2. The zero-order valence-electron chi connectivity index (χ0n) is 11.4. The minimum absolute atomic E-state index is 0.278. The molecule has 19 heavy (non-hydrogen) atoms. The largest absolute Gasteiger partial charge is 0.376 e. The van der Waals surface area contributed by atoms with E-state index in [0.29, 0.717) is 5.88 Å². The normalized spacial score (nSPS) is 21.1. The second-order valence-corrected chi connectivity index (χ2v) is 5.53. The number of alkyl halides is 1. The number of hydrogen-bond acceptors (Lipinski definition) is 2. The number of fused-ring (bicyclic) bond motifs is 1. The highest BCUT2D eigenvalue weighted by Gasteiger charge is 2.26. The third-order valence-electron chi connectivity index (χ3n) is 4.02. The van der Waals surface area contributed by atoms with E-state index in [4.69, 9.17) is 21.3 Å². The molecule has 3 rings (SSSR count). The average Bonchev–Trinajstić information content (AvgIpc) is 3.05. The van der Waals surface area contributed by atoms with Crippen LogP contribution >= 0.6 is 11.6 Å². The predicted octanol–water partition coefficient (Wildman–Crippen LogP) is 3.82. The van der Waals surface area contributed by atoms with Crippen molar-refractivity contribution in [2.24, 2.45) is 0 Å². The van der Waals surface area contributed by atoms with Gasteiger partial charge in [0.15, 0.2) is 0 Å². The van der Waals surface area contributed by atoms with Crippen LogP contribution in [0.15, 0.2) is 18.2 Å². The summed E-state index contributed by atoms with van der Waals surface area (Å²) in [5.74, 6) is 1.37. The Morgan fingerprint density at radius 1 is 1.53 bits per heavy atom. The van der Waals surface area contributed by atoms with Gasteiger partial charge in [0.2, 0.25) is 0 Å². The van der Waals surface area contributed by atoms with Gasteiger partial charge in [-0.15, -0.1) is 11.6 Å². The molecule has 2 atom stereocenters. The van der Waals surface area contributed by atoms with Crippen molar-refractivity contribution in [1.29, 1.82) is 0 Å². The molecule has 1 aliphatic rings. The number of hydrogen-bond donors (Lipinski definition) is 0. The Morgan fingerprint density at radius 2 is 2.37 bits per heavy atom. The molecule has 0 bridgehead atoms. The lowest BCUT2D eigenvalue weighted by atomic mass is 10.1. The average molecular weight is 279 g/mol. The van der Waals surface area contributed by atoms with Crippen LogP contribution in [0.5, 0.6) is 0 Å². The Bertz CT molecular complexity index is 587. The van der Waals surface area contributed by atoms with E-state index in [1.165, 1.54) is 11.1 Å². The van der Waals surface area contributed by atoms with Crippen LogP contribution in [0.4, 0.5) is 0 Å². The maximum atomic E-state index is 6.08. The van der Waals surface area contributed by atoms with Gasteiger partial charge < -0.3 is 9.30 Å². The summed E-state index contributed by atoms with van der Waals surface area (Å²) < 4.78 is 8.08. The molecule has 1 aromatic heterocycles. The van der Waals surface area contributed by atoms with Crippen LogP contribution in [-0.4, -0.2) is 22.3 Å². The molecule has 0 aliphatic carbocycles. The number of rotatable bonds is 3. The summed E-state index contributed by atoms with van der Waals surface area (Å²) in [5.41, 5.74) is 3.42. The van der Waals surface area contributed by atoms with Crippen molar-refractivity contribution >= 4 is 22.6 Å². The number of para-hydroxylation sites is 1. The minimum Gasteiger partial charge on any atom is -0.376 e. The summed E-state index contributed by atoms with van der Waals surface area (Å²) >= 11 is 6.08. The molecule has 2 unspecified atom stereocenters. The number of aryl methyl sites for hydroxylation is 1. The number of aromatic nitrogens is 2. The molecule has 3 nitrogen and oxygen atoms in total. The van der Waals surface area contributed by atoms with Gasteiger partial charge in [0.25, 0.3) is 0 Å². The Labute approximate surface area is 118 Å². The molecule has 2 heterocycles. The summed E-state index contributed by atoms with van der Waals surface area (Å²) in [6, 6.07) is 6.57. The third kappa shape index (κ3) is 2.15. The maximum Gasteiger partial charge on any atom is 0.125 e. The zero-order chi connectivity index (χ0) is 13.4. The van der Waals surface area contributed by atoms with Crippen molar-refractivity contribution in [3.05, 3.63) is 29.6 Å². The second-order valence-electron chi connectivity index (χ2n) is 5.27. The molecule has 102 valence electrons. The van der Waals surface area contributed by atoms with Crippen LogP contribution in [0.25, 0.3) is 11.0 Å². The minimum atomic E-state index is 0.278. The highest BCUT2D eigenvalue weighted by atomic mass is 35.5. The first-order valence-electron chi connectivity index (χ1n) is 6.86. The van der Waals surface area contributed by atoms with E-state index >= 15 is 0 Å². The van der Waals surface area contributed by atoms with E-state index in [2.05, 4.69) is 36.6 Å². The smallest absolute Gasteiger partial charge is 0.125 e. The molecule has 0 amide bonds. The van der Waals surface area contributed by atoms with Crippen LogP contribution in [0.1, 0.15) is 37.2 Å². The fourth-order valence-electron chi connectivity index (χ4n) is 3.00.